The van der Waals surface area contributed by atoms with Crippen LogP contribution in [0, 0.1) is 0 Å². The molecule has 0 saturated heterocycles. The molecule has 0 saturated carbocycles. The van der Waals surface area contributed by atoms with E-state index in [0.29, 0.717) is 24.7 Å². The van der Waals surface area contributed by atoms with E-state index in [4.69, 9.17) is 10.3 Å². The Hall–Kier alpha value is -2.34. The first-order valence-electron chi connectivity index (χ1n) is 8.37. The molecule has 25 heavy (non-hydrogen) atoms. The molecule has 0 radical (unpaired) electrons. The van der Waals surface area contributed by atoms with Crippen LogP contribution in [0.4, 0.5) is 11.4 Å². The summed E-state index contributed by atoms with van der Waals surface area (Å²) < 4.78 is 6.52. The number of hydrogen-bond acceptors (Lipinski definition) is 5. The van der Waals surface area contributed by atoms with Crippen LogP contribution >= 0.6 is 15.9 Å². The maximum atomic E-state index is 6.12. The van der Waals surface area contributed by atoms with Crippen molar-refractivity contribution >= 4 is 27.3 Å². The summed E-state index contributed by atoms with van der Waals surface area (Å²) in [5, 5.41) is 4.13. The summed E-state index contributed by atoms with van der Waals surface area (Å²) in [6.07, 6.45) is 2.77. The average molecular weight is 399 g/mol. The Bertz CT molecular complexity index is 893. The van der Waals surface area contributed by atoms with Gasteiger partial charge in [0.1, 0.15) is 0 Å². The molecular weight excluding hydrogens is 380 g/mol. The van der Waals surface area contributed by atoms with Crippen molar-refractivity contribution < 1.29 is 4.52 Å². The van der Waals surface area contributed by atoms with E-state index in [1.807, 2.05) is 24.3 Å². The molecule has 1 aliphatic rings. The minimum absolute atomic E-state index is 0.613. The summed E-state index contributed by atoms with van der Waals surface area (Å²) in [5.74, 6) is 1.35. The lowest BCUT2D eigenvalue weighted by Gasteiger charge is -2.30. The van der Waals surface area contributed by atoms with Gasteiger partial charge in [-0.1, -0.05) is 39.3 Å². The van der Waals surface area contributed by atoms with Crippen molar-refractivity contribution in [1.82, 2.24) is 10.1 Å². The van der Waals surface area contributed by atoms with Crippen molar-refractivity contribution in [3.05, 3.63) is 69.8 Å². The zero-order chi connectivity index (χ0) is 17.2. The number of halogens is 1. The fourth-order valence-corrected chi connectivity index (χ4v) is 3.76. The van der Waals surface area contributed by atoms with Crippen molar-refractivity contribution in [1.29, 1.82) is 0 Å². The minimum Gasteiger partial charge on any atom is -0.398 e. The third-order valence-electron chi connectivity index (χ3n) is 4.47. The van der Waals surface area contributed by atoms with E-state index in [-0.39, 0.29) is 0 Å². The van der Waals surface area contributed by atoms with Crippen LogP contribution in [0.1, 0.15) is 29.3 Å². The Morgan fingerprint density at radius 2 is 2.08 bits per heavy atom. The summed E-state index contributed by atoms with van der Waals surface area (Å²) in [7, 11) is 0. The van der Waals surface area contributed by atoms with Gasteiger partial charge in [0.25, 0.3) is 0 Å². The van der Waals surface area contributed by atoms with Crippen LogP contribution in [0.5, 0.6) is 0 Å². The fourth-order valence-electron chi connectivity index (χ4n) is 3.31. The van der Waals surface area contributed by atoms with Crippen LogP contribution in [-0.4, -0.2) is 16.7 Å². The molecule has 0 fully saturated rings. The normalized spacial score (nSPS) is 13.7. The van der Waals surface area contributed by atoms with Gasteiger partial charge in [-0.3, -0.25) is 0 Å². The smallest absolute Gasteiger partial charge is 0.246 e. The van der Waals surface area contributed by atoms with E-state index < -0.39 is 0 Å². The molecule has 5 nitrogen and oxygen atoms in total. The van der Waals surface area contributed by atoms with Gasteiger partial charge in [0.15, 0.2) is 5.82 Å². The Kier molecular flexibility index (Phi) is 4.44. The number of rotatable bonds is 4. The second-order valence-electron chi connectivity index (χ2n) is 6.28. The van der Waals surface area contributed by atoms with Gasteiger partial charge in [0, 0.05) is 28.8 Å². The van der Waals surface area contributed by atoms with Crippen LogP contribution in [0.3, 0.4) is 0 Å². The molecule has 2 heterocycles. The van der Waals surface area contributed by atoms with Gasteiger partial charge in [-0.2, -0.15) is 4.98 Å². The first kappa shape index (κ1) is 16.1. The molecule has 0 aliphatic carbocycles. The fraction of sp³-hybridized carbons (Fsp3) is 0.263. The lowest BCUT2D eigenvalue weighted by Crippen LogP contribution is -2.29. The van der Waals surface area contributed by atoms with Gasteiger partial charge in [-0.05, 0) is 48.2 Å². The van der Waals surface area contributed by atoms with E-state index in [1.54, 1.807) is 0 Å². The Morgan fingerprint density at radius 1 is 1.20 bits per heavy atom. The molecule has 2 N–H and O–H groups in total. The van der Waals surface area contributed by atoms with Crippen LogP contribution < -0.4 is 10.6 Å². The highest BCUT2D eigenvalue weighted by Gasteiger charge is 2.20. The summed E-state index contributed by atoms with van der Waals surface area (Å²) in [6, 6.07) is 14.2. The Morgan fingerprint density at radius 3 is 2.96 bits per heavy atom. The predicted octanol–water partition coefficient (Wildman–Crippen LogP) is 3.96. The maximum Gasteiger partial charge on any atom is 0.246 e. The predicted molar refractivity (Wildman–Crippen MR) is 101 cm³/mol. The van der Waals surface area contributed by atoms with Gasteiger partial charge in [-0.25, -0.2) is 0 Å². The average Bonchev–Trinajstić information content (AvgIpc) is 3.03. The molecule has 0 atom stereocenters. The molecule has 0 spiro atoms. The highest BCUT2D eigenvalue weighted by atomic mass is 79.9. The van der Waals surface area contributed by atoms with Gasteiger partial charge in [0.05, 0.1) is 6.54 Å². The van der Waals surface area contributed by atoms with Crippen LogP contribution in [0.15, 0.2) is 51.5 Å². The molecule has 3 aromatic rings. The van der Waals surface area contributed by atoms with Crippen LogP contribution in [0.2, 0.25) is 0 Å². The number of aromatic nitrogens is 2. The quantitative estimate of drug-likeness (QED) is 0.673. The number of fused-ring (bicyclic) bond motifs is 1. The van der Waals surface area contributed by atoms with E-state index in [9.17, 15) is 0 Å². The number of anilines is 2. The summed E-state index contributed by atoms with van der Waals surface area (Å²) in [6.45, 7) is 1.59. The molecule has 1 aliphatic heterocycles. The SMILES string of the molecule is Nc1cccc2c1CCCN2Cc1nc(Cc2cccc(Br)c2)no1. The van der Waals surface area contributed by atoms with Gasteiger partial charge in [-0.15, -0.1) is 0 Å². The maximum absolute atomic E-state index is 6.12. The van der Waals surface area contributed by atoms with Gasteiger partial charge < -0.3 is 15.2 Å². The lowest BCUT2D eigenvalue weighted by molar-refractivity contribution is 0.370. The highest BCUT2D eigenvalue weighted by Crippen LogP contribution is 2.32. The van der Waals surface area contributed by atoms with Crippen molar-refractivity contribution in [3.8, 4) is 0 Å². The second-order valence-corrected chi connectivity index (χ2v) is 7.20. The number of nitrogen functional groups attached to an aromatic ring is 1. The molecule has 2 aromatic carbocycles. The third-order valence-corrected chi connectivity index (χ3v) is 4.96. The third kappa shape index (κ3) is 3.54. The largest absolute Gasteiger partial charge is 0.398 e. The van der Waals surface area contributed by atoms with Crippen molar-refractivity contribution in [2.24, 2.45) is 0 Å². The molecule has 1 aromatic heterocycles. The number of benzene rings is 2. The van der Waals surface area contributed by atoms with Gasteiger partial charge in [0.2, 0.25) is 5.89 Å². The van der Waals surface area contributed by atoms with Crippen LogP contribution in [-0.2, 0) is 19.4 Å². The first-order valence-corrected chi connectivity index (χ1v) is 9.16. The van der Waals surface area contributed by atoms with Crippen LogP contribution in [0.25, 0.3) is 0 Å². The van der Waals surface area contributed by atoms with Crippen molar-refractivity contribution in [2.45, 2.75) is 25.8 Å². The highest BCUT2D eigenvalue weighted by molar-refractivity contribution is 9.10. The molecule has 4 rings (SSSR count). The van der Waals surface area contributed by atoms with E-state index >= 15 is 0 Å². The zero-order valence-electron chi connectivity index (χ0n) is 13.8. The van der Waals surface area contributed by atoms with Crippen molar-refractivity contribution in [3.63, 3.8) is 0 Å². The lowest BCUT2D eigenvalue weighted by atomic mass is 10.00. The van der Waals surface area contributed by atoms with E-state index in [0.717, 1.165) is 35.1 Å². The number of nitrogens with two attached hydrogens (primary N) is 1. The molecule has 0 amide bonds. The number of hydrogen-bond donors (Lipinski definition) is 1. The Balaban J connectivity index is 1.50. The molecule has 128 valence electrons. The molecule has 6 heteroatoms. The van der Waals surface area contributed by atoms with Gasteiger partial charge >= 0.3 is 0 Å². The Labute approximate surface area is 155 Å². The monoisotopic (exact) mass is 398 g/mol. The summed E-state index contributed by atoms with van der Waals surface area (Å²) in [5.41, 5.74) is 10.5. The minimum atomic E-state index is 0.613. The molecule has 0 bridgehead atoms. The molecular formula is C19H19BrN4O. The zero-order valence-corrected chi connectivity index (χ0v) is 15.4. The molecule has 0 unspecified atom stereocenters. The topological polar surface area (TPSA) is 68.2 Å². The standard InChI is InChI=1S/C19H19BrN4O/c20-14-5-1-4-13(10-14)11-18-22-19(25-23-18)12-24-9-3-6-15-16(21)7-2-8-17(15)24/h1-2,4-5,7-8,10H,3,6,9,11-12,21H2. The number of nitrogens with zero attached hydrogens (tertiary/aromatic N) is 3. The van der Waals surface area contributed by atoms with E-state index in [1.165, 1.54) is 11.3 Å². The second kappa shape index (κ2) is 6.88. The first-order chi connectivity index (χ1) is 12.2. The van der Waals surface area contributed by atoms with Crippen molar-refractivity contribution in [2.75, 3.05) is 17.2 Å². The summed E-state index contributed by atoms with van der Waals surface area (Å²) in [4.78, 5) is 6.83. The van der Waals surface area contributed by atoms with E-state index in [2.05, 4.69) is 49.2 Å². The summed E-state index contributed by atoms with van der Waals surface area (Å²) >= 11 is 3.49.